The Morgan fingerprint density at radius 1 is 0.953 bits per heavy atom. The van der Waals surface area contributed by atoms with Gasteiger partial charge in [-0.1, -0.05) is 36.4 Å². The summed E-state index contributed by atoms with van der Waals surface area (Å²) in [6.07, 6.45) is 2.95. The first kappa shape index (κ1) is 28.8. The highest BCUT2D eigenvalue weighted by atomic mass is 19.1. The van der Waals surface area contributed by atoms with Crippen LogP contribution < -0.4 is 29.4 Å². The Bertz CT molecular complexity index is 1740. The Balaban J connectivity index is 1.36. The summed E-state index contributed by atoms with van der Waals surface area (Å²) in [5.74, 6) is 0.691. The zero-order valence-corrected chi connectivity index (χ0v) is 23.4. The van der Waals surface area contributed by atoms with Crippen LogP contribution in [-0.2, 0) is 11.4 Å². The summed E-state index contributed by atoms with van der Waals surface area (Å²) >= 11 is 0. The van der Waals surface area contributed by atoms with Gasteiger partial charge in [-0.05, 0) is 65.2 Å². The lowest BCUT2D eigenvalue weighted by Gasteiger charge is -2.27. The fourth-order valence-corrected chi connectivity index (χ4v) is 4.60. The normalized spacial score (nSPS) is 14.0. The molecule has 0 fully saturated rings. The van der Waals surface area contributed by atoms with Gasteiger partial charge in [0, 0.05) is 17.7 Å². The van der Waals surface area contributed by atoms with Crippen LogP contribution in [0, 0.1) is 17.1 Å². The van der Waals surface area contributed by atoms with Gasteiger partial charge in [-0.25, -0.2) is 9.18 Å². The van der Waals surface area contributed by atoms with Crippen LogP contribution in [0.3, 0.4) is 0 Å². The predicted octanol–water partition coefficient (Wildman–Crippen LogP) is 6.26. The molecule has 0 saturated heterocycles. The molecule has 8 nitrogen and oxygen atoms in total. The molecule has 4 aromatic carbocycles. The predicted molar refractivity (Wildman–Crippen MR) is 157 cm³/mol. The average molecular weight is 579 g/mol. The van der Waals surface area contributed by atoms with Crippen LogP contribution in [0.1, 0.15) is 28.2 Å². The zero-order valence-electron chi connectivity index (χ0n) is 23.4. The Kier molecular flexibility index (Phi) is 8.58. The molecule has 0 aliphatic carbocycles. The number of nitrogens with two attached hydrogens (primary N) is 1. The van der Waals surface area contributed by atoms with Crippen LogP contribution >= 0.6 is 0 Å². The van der Waals surface area contributed by atoms with Gasteiger partial charge in [0.05, 0.1) is 20.1 Å². The number of ether oxygens (including phenoxy) is 5. The summed E-state index contributed by atoms with van der Waals surface area (Å²) < 4.78 is 41.1. The number of hydrogen-bond acceptors (Lipinski definition) is 8. The van der Waals surface area contributed by atoms with Crippen molar-refractivity contribution < 1.29 is 32.9 Å². The number of rotatable bonds is 9. The minimum absolute atomic E-state index is 0.0570. The summed E-state index contributed by atoms with van der Waals surface area (Å²) in [6.45, 7) is 0.211. The van der Waals surface area contributed by atoms with E-state index in [0.29, 0.717) is 34.1 Å². The van der Waals surface area contributed by atoms with Gasteiger partial charge in [0.15, 0.2) is 11.5 Å². The number of fused-ring (bicyclic) bond motifs is 1. The second kappa shape index (κ2) is 12.8. The van der Waals surface area contributed by atoms with Crippen molar-refractivity contribution in [3.63, 3.8) is 0 Å². The van der Waals surface area contributed by atoms with Crippen molar-refractivity contribution in [2.24, 2.45) is 5.73 Å². The third kappa shape index (κ3) is 6.60. The number of carbonyl (C=O) groups excluding carboxylic acids is 1. The fraction of sp³-hybridized carbons (Fsp3) is 0.118. The van der Waals surface area contributed by atoms with E-state index in [9.17, 15) is 14.4 Å². The lowest BCUT2D eigenvalue weighted by atomic mass is 9.83. The van der Waals surface area contributed by atoms with Gasteiger partial charge in [0.2, 0.25) is 5.88 Å². The van der Waals surface area contributed by atoms with Crippen LogP contribution in [0.25, 0.3) is 6.08 Å². The third-order valence-corrected chi connectivity index (χ3v) is 6.77. The maximum Gasteiger partial charge on any atom is 0.336 e. The number of carbonyl (C=O) groups is 1. The van der Waals surface area contributed by atoms with E-state index in [1.807, 2.05) is 18.2 Å². The topological polar surface area (TPSA) is 113 Å². The Morgan fingerprint density at radius 2 is 1.70 bits per heavy atom. The number of allylic oxidation sites excluding steroid dienone is 1. The second-order valence-electron chi connectivity index (χ2n) is 9.48. The van der Waals surface area contributed by atoms with Gasteiger partial charge in [-0.3, -0.25) is 0 Å². The van der Waals surface area contributed by atoms with E-state index in [1.54, 1.807) is 67.8 Å². The van der Waals surface area contributed by atoms with Crippen LogP contribution in [0.5, 0.6) is 28.7 Å². The largest absolute Gasteiger partial charge is 0.497 e. The molecule has 1 aliphatic rings. The minimum Gasteiger partial charge on any atom is -0.497 e. The average Bonchev–Trinajstić information content (AvgIpc) is 3.03. The second-order valence-corrected chi connectivity index (χ2v) is 9.48. The van der Waals surface area contributed by atoms with Gasteiger partial charge in [-0.15, -0.1) is 0 Å². The molecule has 1 atom stereocenters. The lowest BCUT2D eigenvalue weighted by molar-refractivity contribution is -0.128. The van der Waals surface area contributed by atoms with Crippen LogP contribution in [0.4, 0.5) is 4.39 Å². The molecule has 1 aliphatic heterocycles. The molecule has 1 unspecified atom stereocenters. The first-order valence-electron chi connectivity index (χ1n) is 13.2. The maximum absolute atomic E-state index is 13.2. The fourth-order valence-electron chi connectivity index (χ4n) is 4.60. The number of esters is 1. The number of nitrogens with zero attached hydrogens (tertiary/aromatic N) is 1. The van der Waals surface area contributed by atoms with Crippen molar-refractivity contribution in [2.75, 3.05) is 14.2 Å². The molecule has 2 N–H and O–H groups in total. The number of halogens is 1. The van der Waals surface area contributed by atoms with Crippen LogP contribution in [0.2, 0.25) is 0 Å². The van der Waals surface area contributed by atoms with Crippen molar-refractivity contribution >= 4 is 12.0 Å². The van der Waals surface area contributed by atoms with E-state index in [0.717, 1.165) is 11.1 Å². The van der Waals surface area contributed by atoms with E-state index in [-0.39, 0.29) is 29.6 Å². The van der Waals surface area contributed by atoms with Crippen molar-refractivity contribution in [1.29, 1.82) is 5.26 Å². The zero-order chi connectivity index (χ0) is 30.3. The van der Waals surface area contributed by atoms with Gasteiger partial charge in [0.1, 0.15) is 41.3 Å². The molecule has 43 heavy (non-hydrogen) atoms. The van der Waals surface area contributed by atoms with E-state index >= 15 is 0 Å². The Morgan fingerprint density at radius 3 is 2.40 bits per heavy atom. The molecule has 0 bridgehead atoms. The maximum atomic E-state index is 13.2. The molecule has 216 valence electrons. The van der Waals surface area contributed by atoms with Crippen LogP contribution in [-0.4, -0.2) is 20.2 Å². The van der Waals surface area contributed by atoms with Crippen LogP contribution in [0.15, 0.2) is 102 Å². The van der Waals surface area contributed by atoms with Crippen molar-refractivity contribution in [2.45, 2.75) is 12.5 Å². The van der Waals surface area contributed by atoms with Crippen molar-refractivity contribution in [1.82, 2.24) is 0 Å². The SMILES string of the molecule is COc1ccc(/C=C/C(=O)Oc2ccc3c(c2)OC(N)=C(C#N)C3c2ccc(OCc3ccc(F)cc3)c(OC)c2)cc1. The van der Waals surface area contributed by atoms with E-state index in [2.05, 4.69) is 6.07 Å². The molecule has 9 heteroatoms. The van der Waals surface area contributed by atoms with Crippen molar-refractivity contribution in [3.05, 3.63) is 131 Å². The molecule has 0 spiro atoms. The highest BCUT2D eigenvalue weighted by Gasteiger charge is 2.31. The standard InChI is InChI=1S/C34H27FN2O6/c1-39-25-11-5-21(6-12-25)7-16-32(38)42-26-13-14-27-30(18-26)43-34(37)28(19-36)33(27)23-8-15-29(31(17-23)40-2)41-20-22-3-9-24(35)10-4-22/h3-18,33H,20,37H2,1-2H3/b16-7+. The molecule has 4 aromatic rings. The molecule has 5 rings (SSSR count). The lowest BCUT2D eigenvalue weighted by Crippen LogP contribution is -2.21. The molecular formula is C34H27FN2O6. The Hall–Kier alpha value is -5.75. The van der Waals surface area contributed by atoms with E-state index < -0.39 is 11.9 Å². The summed E-state index contributed by atoms with van der Waals surface area (Å²) in [5.41, 5.74) is 9.35. The number of methoxy groups -OCH3 is 2. The van der Waals surface area contributed by atoms with Gasteiger partial charge in [0.25, 0.3) is 0 Å². The number of benzene rings is 4. The number of nitriles is 1. The highest BCUT2D eigenvalue weighted by molar-refractivity contribution is 5.88. The summed E-state index contributed by atoms with van der Waals surface area (Å²) in [5, 5.41) is 9.95. The van der Waals surface area contributed by atoms with E-state index in [1.165, 1.54) is 25.3 Å². The van der Waals surface area contributed by atoms with Crippen molar-refractivity contribution in [3.8, 4) is 34.8 Å². The first-order valence-corrected chi connectivity index (χ1v) is 13.2. The minimum atomic E-state index is -0.578. The smallest absolute Gasteiger partial charge is 0.336 e. The Labute approximate surface area is 247 Å². The third-order valence-electron chi connectivity index (χ3n) is 6.77. The molecule has 1 heterocycles. The van der Waals surface area contributed by atoms with E-state index in [4.69, 9.17) is 29.4 Å². The van der Waals surface area contributed by atoms with Gasteiger partial charge >= 0.3 is 5.97 Å². The van der Waals surface area contributed by atoms with Gasteiger partial charge in [-0.2, -0.15) is 5.26 Å². The summed E-state index contributed by atoms with van der Waals surface area (Å²) in [4.78, 5) is 12.5. The summed E-state index contributed by atoms with van der Waals surface area (Å²) in [6, 6.07) is 25.6. The molecule has 0 aromatic heterocycles. The van der Waals surface area contributed by atoms with Gasteiger partial charge < -0.3 is 29.4 Å². The highest BCUT2D eigenvalue weighted by Crippen LogP contribution is 2.45. The summed E-state index contributed by atoms with van der Waals surface area (Å²) in [7, 11) is 3.10. The molecular weight excluding hydrogens is 551 g/mol. The first-order chi connectivity index (χ1) is 20.9. The number of hydrogen-bond donors (Lipinski definition) is 1. The quantitative estimate of drug-likeness (QED) is 0.141. The molecule has 0 saturated carbocycles. The molecule has 0 amide bonds. The molecule has 0 radical (unpaired) electrons. The monoisotopic (exact) mass is 578 g/mol.